The molecule has 3 nitrogen and oxygen atoms in total. The van der Waals surface area contributed by atoms with Gasteiger partial charge in [-0.1, -0.05) is 24.3 Å². The summed E-state index contributed by atoms with van der Waals surface area (Å²) in [6, 6.07) is 6.73. The Balaban J connectivity index is 0.00000196. The number of methoxy groups -OCH3 is 1. The topological polar surface area (TPSA) is 52.3 Å². The van der Waals surface area contributed by atoms with Crippen molar-refractivity contribution >= 4 is 18.4 Å². The highest BCUT2D eigenvalue weighted by atomic mass is 35.5. The first-order valence-electron chi connectivity index (χ1n) is 4.26. The summed E-state index contributed by atoms with van der Waals surface area (Å²) in [5.41, 5.74) is 6.98. The van der Waals surface area contributed by atoms with Gasteiger partial charge in [-0.2, -0.15) is 0 Å². The van der Waals surface area contributed by atoms with Gasteiger partial charge in [0.2, 0.25) is 0 Å². The number of benzene rings is 1. The Hall–Kier alpha value is -1.32. The summed E-state index contributed by atoms with van der Waals surface area (Å²) < 4.78 is 4.64. The Morgan fingerprint density at radius 1 is 1.53 bits per heavy atom. The van der Waals surface area contributed by atoms with E-state index in [1.165, 1.54) is 7.11 Å². The number of hydrogen-bond acceptors (Lipinski definition) is 3. The van der Waals surface area contributed by atoms with Crippen LogP contribution in [0.5, 0.6) is 0 Å². The maximum absolute atomic E-state index is 11.3. The van der Waals surface area contributed by atoms with Crippen molar-refractivity contribution in [2.75, 3.05) is 7.11 Å². The maximum Gasteiger partial charge on any atom is 0.338 e. The van der Waals surface area contributed by atoms with Gasteiger partial charge in [-0.15, -0.1) is 19.0 Å². The van der Waals surface area contributed by atoms with Crippen LogP contribution >= 0.6 is 12.4 Å². The van der Waals surface area contributed by atoms with E-state index in [0.717, 1.165) is 5.56 Å². The second-order valence-electron chi connectivity index (χ2n) is 2.84. The molecular weight excluding hydrogens is 214 g/mol. The van der Waals surface area contributed by atoms with Gasteiger partial charge >= 0.3 is 5.97 Å². The van der Waals surface area contributed by atoms with E-state index in [1.54, 1.807) is 24.3 Å². The number of ether oxygens (including phenoxy) is 1. The number of carbonyl (C=O) groups excluding carboxylic acids is 1. The summed E-state index contributed by atoms with van der Waals surface area (Å²) in [5, 5.41) is 0. The Bertz CT molecular complexity index is 352. The summed E-state index contributed by atoms with van der Waals surface area (Å²) in [7, 11) is 1.35. The van der Waals surface area contributed by atoms with Gasteiger partial charge in [-0.25, -0.2) is 4.79 Å². The van der Waals surface area contributed by atoms with Crippen molar-refractivity contribution in [3.8, 4) is 0 Å². The van der Waals surface area contributed by atoms with E-state index in [1.807, 2.05) is 6.07 Å². The second kappa shape index (κ2) is 6.22. The van der Waals surface area contributed by atoms with Crippen LogP contribution in [0.15, 0.2) is 36.9 Å². The van der Waals surface area contributed by atoms with Crippen LogP contribution < -0.4 is 5.73 Å². The predicted molar refractivity (Wildman–Crippen MR) is 62.2 cm³/mol. The number of carbonyl (C=O) groups is 1. The van der Waals surface area contributed by atoms with E-state index in [9.17, 15) is 4.79 Å². The molecule has 0 amide bonds. The molecule has 82 valence electrons. The van der Waals surface area contributed by atoms with Crippen molar-refractivity contribution in [3.63, 3.8) is 0 Å². The first-order chi connectivity index (χ1) is 6.70. The summed E-state index contributed by atoms with van der Waals surface area (Å²) in [5.74, 6) is -0.377. The lowest BCUT2D eigenvalue weighted by Crippen LogP contribution is -2.13. The fraction of sp³-hybridized carbons (Fsp3) is 0.182. The molecule has 0 fully saturated rings. The Morgan fingerprint density at radius 3 is 2.67 bits per heavy atom. The van der Waals surface area contributed by atoms with Crippen LogP contribution in [0, 0.1) is 0 Å². The monoisotopic (exact) mass is 227 g/mol. The van der Waals surface area contributed by atoms with Crippen molar-refractivity contribution in [3.05, 3.63) is 48.0 Å². The quantitative estimate of drug-likeness (QED) is 0.636. The number of rotatable bonds is 3. The number of halogens is 1. The number of esters is 1. The van der Waals surface area contributed by atoms with Gasteiger partial charge in [-0.3, -0.25) is 0 Å². The molecule has 0 radical (unpaired) electrons. The molecule has 0 aliphatic heterocycles. The highest BCUT2D eigenvalue weighted by molar-refractivity contribution is 5.91. The molecule has 0 aliphatic rings. The van der Waals surface area contributed by atoms with E-state index in [4.69, 9.17) is 5.73 Å². The molecule has 0 unspecified atom stereocenters. The number of hydrogen-bond donors (Lipinski definition) is 1. The van der Waals surface area contributed by atoms with Crippen molar-refractivity contribution in [1.29, 1.82) is 0 Å². The molecule has 0 saturated carbocycles. The molecule has 4 heteroatoms. The minimum absolute atomic E-state index is 0. The van der Waals surface area contributed by atoms with Gasteiger partial charge in [0.15, 0.2) is 0 Å². The lowest BCUT2D eigenvalue weighted by Gasteiger charge is -2.10. The van der Waals surface area contributed by atoms with Gasteiger partial charge in [0, 0.05) is 6.04 Å². The molecule has 15 heavy (non-hydrogen) atoms. The standard InChI is InChI=1S/C11H13NO2.ClH/c1-3-10(12)8-6-4-5-7-9(8)11(13)14-2;/h3-7,10H,1,12H2,2H3;1H/t10-;/m0./s1. The van der Waals surface area contributed by atoms with E-state index >= 15 is 0 Å². The van der Waals surface area contributed by atoms with Crippen LogP contribution in [0.1, 0.15) is 22.0 Å². The van der Waals surface area contributed by atoms with Crippen LogP contribution in [-0.2, 0) is 4.74 Å². The maximum atomic E-state index is 11.3. The Kier molecular flexibility index (Phi) is 5.67. The van der Waals surface area contributed by atoms with Crippen molar-refractivity contribution in [1.82, 2.24) is 0 Å². The average Bonchev–Trinajstić information content (AvgIpc) is 2.27. The third-order valence-corrected chi connectivity index (χ3v) is 1.98. The zero-order valence-corrected chi connectivity index (χ0v) is 9.29. The molecule has 2 N–H and O–H groups in total. The van der Waals surface area contributed by atoms with Crippen molar-refractivity contribution < 1.29 is 9.53 Å². The molecular formula is C11H14ClNO2. The fourth-order valence-electron chi connectivity index (χ4n) is 1.21. The van der Waals surface area contributed by atoms with Crippen molar-refractivity contribution in [2.24, 2.45) is 5.73 Å². The zero-order valence-electron chi connectivity index (χ0n) is 8.47. The SMILES string of the molecule is C=C[C@H](N)c1ccccc1C(=O)OC.Cl. The molecule has 1 rings (SSSR count). The molecule has 0 aromatic heterocycles. The molecule has 1 aromatic carbocycles. The van der Waals surface area contributed by atoms with Gasteiger partial charge in [-0.05, 0) is 11.6 Å². The first-order valence-corrected chi connectivity index (χ1v) is 4.26. The van der Waals surface area contributed by atoms with E-state index in [0.29, 0.717) is 5.56 Å². The van der Waals surface area contributed by atoms with E-state index < -0.39 is 0 Å². The highest BCUT2D eigenvalue weighted by Crippen LogP contribution is 2.17. The van der Waals surface area contributed by atoms with E-state index in [-0.39, 0.29) is 24.4 Å². The van der Waals surface area contributed by atoms with E-state index in [2.05, 4.69) is 11.3 Å². The summed E-state index contributed by atoms with van der Waals surface area (Å²) in [6.45, 7) is 3.59. The lowest BCUT2D eigenvalue weighted by molar-refractivity contribution is 0.0599. The Labute approximate surface area is 95.3 Å². The smallest absolute Gasteiger partial charge is 0.338 e. The minimum atomic E-state index is -0.377. The summed E-state index contributed by atoms with van der Waals surface area (Å²) in [4.78, 5) is 11.3. The molecule has 0 heterocycles. The summed E-state index contributed by atoms with van der Waals surface area (Å²) >= 11 is 0. The van der Waals surface area contributed by atoms with Crippen LogP contribution in [0.4, 0.5) is 0 Å². The predicted octanol–water partition coefficient (Wildman–Crippen LogP) is 2.08. The summed E-state index contributed by atoms with van der Waals surface area (Å²) in [6.07, 6.45) is 1.59. The second-order valence-corrected chi connectivity index (χ2v) is 2.84. The van der Waals surface area contributed by atoms with Gasteiger partial charge in [0.05, 0.1) is 12.7 Å². The first kappa shape index (κ1) is 13.7. The number of nitrogens with two attached hydrogens (primary N) is 1. The molecule has 0 aliphatic carbocycles. The van der Waals surface area contributed by atoms with Crippen LogP contribution in [0.2, 0.25) is 0 Å². The average molecular weight is 228 g/mol. The van der Waals surface area contributed by atoms with Gasteiger partial charge < -0.3 is 10.5 Å². The van der Waals surface area contributed by atoms with Crippen LogP contribution in [0.25, 0.3) is 0 Å². The molecule has 0 spiro atoms. The molecule has 0 saturated heterocycles. The normalized spacial score (nSPS) is 11.1. The van der Waals surface area contributed by atoms with Crippen LogP contribution in [-0.4, -0.2) is 13.1 Å². The zero-order chi connectivity index (χ0) is 10.6. The largest absolute Gasteiger partial charge is 0.465 e. The van der Waals surface area contributed by atoms with Crippen molar-refractivity contribution in [2.45, 2.75) is 6.04 Å². The minimum Gasteiger partial charge on any atom is -0.465 e. The molecule has 1 atom stereocenters. The van der Waals surface area contributed by atoms with Gasteiger partial charge in [0.1, 0.15) is 0 Å². The molecule has 1 aromatic rings. The third kappa shape index (κ3) is 3.08. The lowest BCUT2D eigenvalue weighted by atomic mass is 10.0. The highest BCUT2D eigenvalue weighted by Gasteiger charge is 2.13. The van der Waals surface area contributed by atoms with Gasteiger partial charge in [0.25, 0.3) is 0 Å². The molecule has 0 bridgehead atoms. The Morgan fingerprint density at radius 2 is 2.13 bits per heavy atom. The fourth-order valence-corrected chi connectivity index (χ4v) is 1.21. The van der Waals surface area contributed by atoms with Crippen LogP contribution in [0.3, 0.4) is 0 Å². The third-order valence-electron chi connectivity index (χ3n) is 1.98.